The van der Waals surface area contributed by atoms with Gasteiger partial charge in [0.1, 0.15) is 0 Å². The zero-order chi connectivity index (χ0) is 17.1. The minimum Gasteiger partial charge on any atom is -0.341 e. The highest BCUT2D eigenvalue weighted by Gasteiger charge is 2.42. The van der Waals surface area contributed by atoms with Crippen LogP contribution in [0.4, 0.5) is 5.95 Å². The molecule has 25 heavy (non-hydrogen) atoms. The molecule has 0 unspecified atom stereocenters. The SMILES string of the molecule is ClN(CCC1CCN(c2ncccn2)CC1)[C@@H]1C[C@H]1c1ccccc1. The first kappa shape index (κ1) is 16.8. The van der Waals surface area contributed by atoms with Gasteiger partial charge in [-0.05, 0) is 55.0 Å². The normalized spacial score (nSPS) is 23.8. The molecule has 4 nitrogen and oxygen atoms in total. The summed E-state index contributed by atoms with van der Waals surface area (Å²) in [6.45, 7) is 3.09. The summed E-state index contributed by atoms with van der Waals surface area (Å²) in [6.07, 6.45) is 8.42. The van der Waals surface area contributed by atoms with Crippen molar-refractivity contribution < 1.29 is 0 Å². The topological polar surface area (TPSA) is 32.3 Å². The zero-order valence-corrected chi connectivity index (χ0v) is 15.2. The molecule has 5 heteroatoms. The van der Waals surface area contributed by atoms with Gasteiger partial charge in [0.05, 0.1) is 0 Å². The number of piperidine rings is 1. The van der Waals surface area contributed by atoms with Gasteiger partial charge in [-0.3, -0.25) is 0 Å². The summed E-state index contributed by atoms with van der Waals surface area (Å²) in [5, 5.41) is 0. The molecule has 2 aromatic rings. The van der Waals surface area contributed by atoms with Gasteiger partial charge in [0, 0.05) is 44.0 Å². The lowest BCUT2D eigenvalue weighted by Gasteiger charge is -2.32. The van der Waals surface area contributed by atoms with E-state index in [0.717, 1.165) is 31.5 Å². The fourth-order valence-electron chi connectivity index (χ4n) is 3.90. The van der Waals surface area contributed by atoms with Crippen LogP contribution in [-0.2, 0) is 0 Å². The Balaban J connectivity index is 1.20. The molecule has 1 aliphatic carbocycles. The Labute approximate surface area is 155 Å². The van der Waals surface area contributed by atoms with Crippen LogP contribution >= 0.6 is 11.8 Å². The van der Waals surface area contributed by atoms with Crippen LogP contribution in [0.15, 0.2) is 48.8 Å². The molecule has 2 fully saturated rings. The van der Waals surface area contributed by atoms with E-state index in [1.807, 2.05) is 18.5 Å². The highest BCUT2D eigenvalue weighted by atomic mass is 35.5. The van der Waals surface area contributed by atoms with Gasteiger partial charge in [0.25, 0.3) is 0 Å². The van der Waals surface area contributed by atoms with E-state index in [2.05, 4.69) is 49.6 Å². The summed E-state index contributed by atoms with van der Waals surface area (Å²) >= 11 is 6.57. The van der Waals surface area contributed by atoms with Gasteiger partial charge in [-0.1, -0.05) is 30.3 Å². The Morgan fingerprint density at radius 2 is 1.76 bits per heavy atom. The van der Waals surface area contributed by atoms with Crippen molar-refractivity contribution in [3.8, 4) is 0 Å². The van der Waals surface area contributed by atoms with Crippen molar-refractivity contribution in [1.29, 1.82) is 0 Å². The molecule has 0 N–H and O–H groups in total. The second-order valence-electron chi connectivity index (χ2n) is 7.21. The minimum atomic E-state index is 0.516. The molecule has 1 aliphatic heterocycles. The third kappa shape index (κ3) is 4.13. The van der Waals surface area contributed by atoms with Crippen LogP contribution in [0.2, 0.25) is 0 Å². The molecule has 1 aromatic heterocycles. The maximum atomic E-state index is 6.57. The average molecular weight is 357 g/mol. The van der Waals surface area contributed by atoms with Crippen LogP contribution in [-0.4, -0.2) is 40.1 Å². The largest absolute Gasteiger partial charge is 0.341 e. The van der Waals surface area contributed by atoms with Crippen molar-refractivity contribution in [3.05, 3.63) is 54.4 Å². The summed E-state index contributed by atoms with van der Waals surface area (Å²) in [4.78, 5) is 11.0. The number of anilines is 1. The quantitative estimate of drug-likeness (QED) is 0.729. The molecular weight excluding hydrogens is 332 g/mol. The Kier molecular flexibility index (Phi) is 5.18. The lowest BCUT2D eigenvalue weighted by Crippen LogP contribution is -2.35. The second-order valence-corrected chi connectivity index (χ2v) is 7.65. The molecular formula is C20H25ClN4. The van der Waals surface area contributed by atoms with E-state index in [-0.39, 0.29) is 0 Å². The molecule has 132 valence electrons. The average Bonchev–Trinajstić information content (AvgIpc) is 3.49. The van der Waals surface area contributed by atoms with Crippen molar-refractivity contribution in [3.63, 3.8) is 0 Å². The number of aromatic nitrogens is 2. The summed E-state index contributed by atoms with van der Waals surface area (Å²) in [5.74, 6) is 2.24. The highest BCUT2D eigenvalue weighted by Crippen LogP contribution is 2.45. The summed E-state index contributed by atoms with van der Waals surface area (Å²) < 4.78 is 2.06. The number of hydrogen-bond acceptors (Lipinski definition) is 4. The summed E-state index contributed by atoms with van der Waals surface area (Å²) in [7, 11) is 0. The Hall–Kier alpha value is -1.65. The predicted octanol–water partition coefficient (Wildman–Crippen LogP) is 4.10. The van der Waals surface area contributed by atoms with Crippen LogP contribution in [0.25, 0.3) is 0 Å². The van der Waals surface area contributed by atoms with Crippen LogP contribution in [0, 0.1) is 5.92 Å². The number of rotatable bonds is 6. The third-order valence-corrected chi connectivity index (χ3v) is 5.96. The van der Waals surface area contributed by atoms with Crippen molar-refractivity contribution in [1.82, 2.24) is 14.4 Å². The number of halogens is 1. The number of nitrogens with zero attached hydrogens (tertiary/aromatic N) is 4. The van der Waals surface area contributed by atoms with Gasteiger partial charge >= 0.3 is 0 Å². The lowest BCUT2D eigenvalue weighted by atomic mass is 9.93. The first-order valence-electron chi connectivity index (χ1n) is 9.30. The van der Waals surface area contributed by atoms with Crippen molar-refractivity contribution in [2.45, 2.75) is 37.6 Å². The molecule has 0 amide bonds. The molecule has 1 saturated carbocycles. The van der Waals surface area contributed by atoms with Crippen LogP contribution in [0.1, 0.15) is 37.2 Å². The summed E-state index contributed by atoms with van der Waals surface area (Å²) in [6, 6.07) is 13.1. The van der Waals surface area contributed by atoms with Gasteiger partial charge in [-0.15, -0.1) is 0 Å². The van der Waals surface area contributed by atoms with Crippen LogP contribution in [0.5, 0.6) is 0 Å². The maximum absolute atomic E-state index is 6.57. The van der Waals surface area contributed by atoms with Gasteiger partial charge < -0.3 is 4.90 Å². The molecule has 0 bridgehead atoms. The summed E-state index contributed by atoms with van der Waals surface area (Å²) in [5.41, 5.74) is 1.43. The van der Waals surface area contributed by atoms with Crippen LogP contribution < -0.4 is 4.90 Å². The second kappa shape index (κ2) is 7.71. The monoisotopic (exact) mass is 356 g/mol. The van der Waals surface area contributed by atoms with E-state index in [9.17, 15) is 0 Å². The fraction of sp³-hybridized carbons (Fsp3) is 0.500. The predicted molar refractivity (Wildman–Crippen MR) is 102 cm³/mol. The smallest absolute Gasteiger partial charge is 0.225 e. The Morgan fingerprint density at radius 1 is 1.04 bits per heavy atom. The van der Waals surface area contributed by atoms with E-state index in [1.54, 1.807) is 0 Å². The van der Waals surface area contributed by atoms with E-state index in [4.69, 9.17) is 11.8 Å². The van der Waals surface area contributed by atoms with E-state index in [0.29, 0.717) is 12.0 Å². The standard InChI is InChI=1S/C20H25ClN4/c21-25(19-15-18(19)17-5-2-1-3-6-17)14-9-16-7-12-24(13-8-16)20-22-10-4-11-23-20/h1-6,10-11,16,18-19H,7-9,12-15H2/t18-,19+/m0/s1. The molecule has 0 radical (unpaired) electrons. The molecule has 1 aromatic carbocycles. The first-order valence-corrected chi connectivity index (χ1v) is 9.64. The van der Waals surface area contributed by atoms with Gasteiger partial charge in [0.2, 0.25) is 5.95 Å². The lowest BCUT2D eigenvalue weighted by molar-refractivity contribution is 0.326. The van der Waals surface area contributed by atoms with Crippen LogP contribution in [0.3, 0.4) is 0 Å². The molecule has 2 heterocycles. The van der Waals surface area contributed by atoms with Gasteiger partial charge in [-0.25, -0.2) is 14.4 Å². The molecule has 4 rings (SSSR count). The van der Waals surface area contributed by atoms with E-state index in [1.165, 1.54) is 31.2 Å². The molecule has 2 aliphatic rings. The van der Waals surface area contributed by atoms with Crippen molar-refractivity contribution in [2.75, 3.05) is 24.5 Å². The minimum absolute atomic E-state index is 0.516. The van der Waals surface area contributed by atoms with Crippen molar-refractivity contribution >= 4 is 17.7 Å². The first-order chi connectivity index (χ1) is 12.3. The Bertz CT molecular complexity index is 658. The van der Waals surface area contributed by atoms with Gasteiger partial charge in [0.15, 0.2) is 0 Å². The molecule has 2 atom stereocenters. The third-order valence-electron chi connectivity index (χ3n) is 5.54. The van der Waals surface area contributed by atoms with E-state index < -0.39 is 0 Å². The van der Waals surface area contributed by atoms with Gasteiger partial charge in [-0.2, -0.15) is 0 Å². The fourth-order valence-corrected chi connectivity index (χ4v) is 4.21. The van der Waals surface area contributed by atoms with E-state index >= 15 is 0 Å². The maximum Gasteiger partial charge on any atom is 0.225 e. The molecule has 1 saturated heterocycles. The number of hydrogen-bond donors (Lipinski definition) is 0. The molecule has 0 spiro atoms. The zero-order valence-electron chi connectivity index (χ0n) is 14.5. The van der Waals surface area contributed by atoms with Crippen molar-refractivity contribution in [2.24, 2.45) is 5.92 Å². The highest BCUT2D eigenvalue weighted by molar-refractivity contribution is 6.13. The number of benzene rings is 1. The Morgan fingerprint density at radius 3 is 2.48 bits per heavy atom.